The molecule has 0 bridgehead atoms. The Morgan fingerprint density at radius 1 is 1.09 bits per heavy atom. The molecule has 7 rings (SSSR count). The summed E-state index contributed by atoms with van der Waals surface area (Å²) in [6.07, 6.45) is 4.46. The van der Waals surface area contributed by atoms with Crippen LogP contribution in [0.3, 0.4) is 0 Å². The summed E-state index contributed by atoms with van der Waals surface area (Å²) in [5, 5.41) is 4.52. The molecule has 1 amide bonds. The Bertz CT molecular complexity index is 2080. The lowest BCUT2D eigenvalue weighted by atomic mass is 10.0. The van der Waals surface area contributed by atoms with Crippen molar-refractivity contribution in [2.45, 2.75) is 42.8 Å². The molecule has 2 aromatic carbocycles. The molecule has 2 atom stereocenters. The van der Waals surface area contributed by atoms with Crippen LogP contribution in [0.15, 0.2) is 71.9 Å². The van der Waals surface area contributed by atoms with Crippen molar-refractivity contribution >= 4 is 54.8 Å². The second-order valence-electron chi connectivity index (χ2n) is 11.0. The summed E-state index contributed by atoms with van der Waals surface area (Å²) in [4.78, 5) is 29.1. The molecule has 2 aliphatic rings. The van der Waals surface area contributed by atoms with Crippen LogP contribution in [-0.2, 0) is 16.4 Å². The van der Waals surface area contributed by atoms with Crippen LogP contribution < -0.4 is 15.0 Å². The molecule has 0 radical (unpaired) electrons. The lowest BCUT2D eigenvalue weighted by Gasteiger charge is -2.40. The van der Waals surface area contributed by atoms with Gasteiger partial charge in [-0.3, -0.25) is 14.8 Å². The third kappa shape index (κ3) is 4.99. The topological polar surface area (TPSA) is 114 Å². The van der Waals surface area contributed by atoms with E-state index in [0.29, 0.717) is 17.3 Å². The van der Waals surface area contributed by atoms with Crippen molar-refractivity contribution in [3.63, 3.8) is 0 Å². The zero-order valence-corrected chi connectivity index (χ0v) is 25.2. The normalized spacial score (nSPS) is 19.1. The number of rotatable bonds is 5. The zero-order valence-electron chi connectivity index (χ0n) is 23.6. The number of pyridine rings is 3. The standard InChI is InChI=1S/C32H27ClFN5O4S/c1-18-7-9-39(18)23-11-19-3-2-4-24(30(19)36-17-23)26-6-5-20-15-35-22(14-27(20)38-26)16-37-32(40)21-12-25(33)31-28(13-21)44(41,42)29(34)8-10-43-31/h2-6,11-15,17-18,29H,7-10,16H2,1H3,(H,37,40)/t18-,29-/m1/s1. The van der Waals surface area contributed by atoms with E-state index < -0.39 is 26.1 Å². The third-order valence-electron chi connectivity index (χ3n) is 8.19. The van der Waals surface area contributed by atoms with Gasteiger partial charge in [-0.05, 0) is 49.7 Å². The molecule has 5 aromatic rings. The molecule has 1 saturated heterocycles. The number of carbonyl (C=O) groups is 1. The van der Waals surface area contributed by atoms with Crippen LogP contribution in [0.2, 0.25) is 5.02 Å². The molecule has 0 spiro atoms. The number of amides is 1. The van der Waals surface area contributed by atoms with Crippen molar-refractivity contribution in [1.29, 1.82) is 0 Å². The Labute approximate surface area is 258 Å². The van der Waals surface area contributed by atoms with Crippen molar-refractivity contribution in [2.24, 2.45) is 0 Å². The molecule has 224 valence electrons. The molecule has 12 heteroatoms. The summed E-state index contributed by atoms with van der Waals surface area (Å²) in [5.74, 6) is -0.740. The molecule has 2 aliphatic heterocycles. The average Bonchev–Trinajstić information content (AvgIpc) is 3.13. The van der Waals surface area contributed by atoms with Gasteiger partial charge in [-0.2, -0.15) is 0 Å². The summed E-state index contributed by atoms with van der Waals surface area (Å²) < 4.78 is 45.0. The number of benzene rings is 2. The van der Waals surface area contributed by atoms with E-state index >= 15 is 0 Å². The largest absolute Gasteiger partial charge is 0.490 e. The maximum absolute atomic E-state index is 14.3. The van der Waals surface area contributed by atoms with Gasteiger partial charge in [0.1, 0.15) is 4.90 Å². The van der Waals surface area contributed by atoms with E-state index in [2.05, 4.69) is 34.3 Å². The van der Waals surface area contributed by atoms with Crippen LogP contribution in [0.25, 0.3) is 33.1 Å². The Morgan fingerprint density at radius 3 is 2.75 bits per heavy atom. The van der Waals surface area contributed by atoms with E-state index in [9.17, 15) is 17.6 Å². The van der Waals surface area contributed by atoms with Crippen molar-refractivity contribution in [2.75, 3.05) is 18.1 Å². The van der Waals surface area contributed by atoms with Crippen LogP contribution in [0.1, 0.15) is 35.8 Å². The number of ether oxygens (including phenoxy) is 1. The first-order valence-electron chi connectivity index (χ1n) is 14.2. The number of hydrogen-bond donors (Lipinski definition) is 1. The molecule has 9 nitrogen and oxygen atoms in total. The number of sulfone groups is 1. The predicted octanol–water partition coefficient (Wildman–Crippen LogP) is 5.88. The molecule has 1 N–H and O–H groups in total. The van der Waals surface area contributed by atoms with Gasteiger partial charge in [0.2, 0.25) is 15.3 Å². The highest BCUT2D eigenvalue weighted by Gasteiger charge is 2.35. The van der Waals surface area contributed by atoms with E-state index in [0.717, 1.165) is 45.8 Å². The fourth-order valence-corrected chi connectivity index (χ4v) is 7.32. The van der Waals surface area contributed by atoms with Gasteiger partial charge < -0.3 is 15.0 Å². The van der Waals surface area contributed by atoms with Crippen molar-refractivity contribution in [1.82, 2.24) is 20.3 Å². The maximum atomic E-state index is 14.3. The number of anilines is 1. The number of para-hydroxylation sites is 1. The van der Waals surface area contributed by atoms with Gasteiger partial charge in [0.15, 0.2) is 5.75 Å². The van der Waals surface area contributed by atoms with E-state index in [-0.39, 0.29) is 35.9 Å². The summed E-state index contributed by atoms with van der Waals surface area (Å²) >= 11 is 6.24. The highest BCUT2D eigenvalue weighted by atomic mass is 35.5. The highest BCUT2D eigenvalue weighted by Crippen LogP contribution is 2.39. The van der Waals surface area contributed by atoms with E-state index in [1.807, 2.05) is 30.5 Å². The van der Waals surface area contributed by atoms with Gasteiger partial charge in [0.05, 0.1) is 52.5 Å². The van der Waals surface area contributed by atoms with Gasteiger partial charge in [0.25, 0.3) is 5.91 Å². The van der Waals surface area contributed by atoms with Gasteiger partial charge in [-0.25, -0.2) is 17.8 Å². The minimum atomic E-state index is -4.36. The predicted molar refractivity (Wildman–Crippen MR) is 167 cm³/mol. The average molecular weight is 632 g/mol. The smallest absolute Gasteiger partial charge is 0.251 e. The first-order valence-corrected chi connectivity index (χ1v) is 16.2. The molecular formula is C32H27ClFN5O4S. The van der Waals surface area contributed by atoms with E-state index in [1.165, 1.54) is 12.5 Å². The number of aromatic nitrogens is 3. The second kappa shape index (κ2) is 11.0. The van der Waals surface area contributed by atoms with Crippen LogP contribution in [0.4, 0.5) is 10.1 Å². The van der Waals surface area contributed by atoms with Gasteiger partial charge in [-0.15, -0.1) is 0 Å². The Morgan fingerprint density at radius 2 is 1.95 bits per heavy atom. The maximum Gasteiger partial charge on any atom is 0.251 e. The van der Waals surface area contributed by atoms with Crippen molar-refractivity contribution < 1.29 is 22.3 Å². The number of fused-ring (bicyclic) bond motifs is 3. The minimum absolute atomic E-state index is 0.0357. The number of halogens is 2. The summed E-state index contributed by atoms with van der Waals surface area (Å²) in [7, 11) is -4.36. The van der Waals surface area contributed by atoms with Gasteiger partial charge in [0, 0.05) is 47.1 Å². The van der Waals surface area contributed by atoms with Crippen LogP contribution >= 0.6 is 11.6 Å². The molecule has 0 saturated carbocycles. The zero-order chi connectivity index (χ0) is 30.6. The second-order valence-corrected chi connectivity index (χ2v) is 13.5. The monoisotopic (exact) mass is 631 g/mol. The highest BCUT2D eigenvalue weighted by molar-refractivity contribution is 7.92. The number of nitrogens with one attached hydrogen (secondary N) is 1. The Hall–Kier alpha value is -4.35. The van der Waals surface area contributed by atoms with E-state index in [1.54, 1.807) is 12.3 Å². The molecular weight excluding hydrogens is 605 g/mol. The SMILES string of the molecule is C[C@@H]1CCN1c1cnc2c(-c3ccc4cnc(CNC(=O)c5cc(Cl)c6c(c5)S(=O)(=O)[C@@H](F)CCO6)cc4n3)cccc2c1. The minimum Gasteiger partial charge on any atom is -0.490 e. The summed E-state index contributed by atoms with van der Waals surface area (Å²) in [6.45, 7) is 3.15. The molecule has 5 heterocycles. The number of hydrogen-bond acceptors (Lipinski definition) is 8. The Kier molecular flexibility index (Phi) is 7.09. The van der Waals surface area contributed by atoms with Crippen LogP contribution in [0, 0.1) is 0 Å². The molecule has 44 heavy (non-hydrogen) atoms. The lowest BCUT2D eigenvalue weighted by molar-refractivity contribution is 0.0950. The molecule has 3 aromatic heterocycles. The van der Waals surface area contributed by atoms with E-state index in [4.69, 9.17) is 26.3 Å². The number of alkyl halides is 1. The molecule has 0 unspecified atom stereocenters. The quantitative estimate of drug-likeness (QED) is 0.256. The first-order chi connectivity index (χ1) is 21.2. The lowest BCUT2D eigenvalue weighted by Crippen LogP contribution is -2.45. The van der Waals surface area contributed by atoms with Crippen LogP contribution in [-0.4, -0.2) is 54.0 Å². The third-order valence-corrected chi connectivity index (χ3v) is 10.3. The fourth-order valence-electron chi connectivity index (χ4n) is 5.59. The van der Waals surface area contributed by atoms with Crippen LogP contribution in [0.5, 0.6) is 5.75 Å². The number of carbonyl (C=O) groups excluding carboxylic acids is 1. The Balaban J connectivity index is 1.14. The summed E-state index contributed by atoms with van der Waals surface area (Å²) in [6, 6.07) is 16.8. The van der Waals surface area contributed by atoms with Gasteiger partial charge in [-0.1, -0.05) is 29.8 Å². The number of nitrogens with zero attached hydrogens (tertiary/aromatic N) is 4. The molecule has 1 fully saturated rings. The first kappa shape index (κ1) is 28.4. The fraction of sp³-hybridized carbons (Fsp3) is 0.250. The van der Waals surface area contributed by atoms with Crippen molar-refractivity contribution in [3.05, 3.63) is 83.3 Å². The summed E-state index contributed by atoms with van der Waals surface area (Å²) in [5.41, 5.74) is 2.71. The van der Waals surface area contributed by atoms with Gasteiger partial charge >= 0.3 is 0 Å². The molecule has 0 aliphatic carbocycles. The van der Waals surface area contributed by atoms with Crippen molar-refractivity contribution in [3.8, 4) is 17.0 Å².